The molecule has 136 valence electrons. The number of rotatable bonds is 3. The molecule has 8 heteroatoms. The molecule has 2 heterocycles. The Morgan fingerprint density at radius 3 is 2.36 bits per heavy atom. The lowest BCUT2D eigenvalue weighted by Gasteiger charge is -2.36. The fraction of sp³-hybridized carbons (Fsp3) is 0.294. The first kappa shape index (κ1) is 21.0. The van der Waals surface area contributed by atoms with E-state index in [4.69, 9.17) is 5.73 Å². The first-order valence-corrected chi connectivity index (χ1v) is 7.61. The third-order valence-electron chi connectivity index (χ3n) is 4.01. The van der Waals surface area contributed by atoms with Crippen molar-refractivity contribution in [2.24, 2.45) is 0 Å². The molecule has 0 bridgehead atoms. The summed E-state index contributed by atoms with van der Waals surface area (Å²) in [6, 6.07) is 10.2. The van der Waals surface area contributed by atoms with Crippen LogP contribution < -0.4 is 10.6 Å². The molecule has 0 aliphatic carbocycles. The van der Waals surface area contributed by atoms with Gasteiger partial charge < -0.3 is 15.5 Å². The van der Waals surface area contributed by atoms with Crippen molar-refractivity contribution < 1.29 is 9.18 Å². The van der Waals surface area contributed by atoms with E-state index in [-0.39, 0.29) is 43.0 Å². The molecule has 1 aliphatic rings. The molecule has 1 aromatic heterocycles. The van der Waals surface area contributed by atoms with E-state index in [1.165, 1.54) is 6.07 Å². The molecule has 0 atom stereocenters. The number of carbonyl (C=O) groups excluding carboxylic acids is 1. The van der Waals surface area contributed by atoms with Crippen LogP contribution in [0.2, 0.25) is 0 Å². The van der Waals surface area contributed by atoms with Gasteiger partial charge in [-0.1, -0.05) is 12.1 Å². The predicted molar refractivity (Wildman–Crippen MR) is 102 cm³/mol. The maximum atomic E-state index is 13.8. The molecule has 1 aromatic carbocycles. The predicted octanol–water partition coefficient (Wildman–Crippen LogP) is 2.54. The molecule has 25 heavy (non-hydrogen) atoms. The summed E-state index contributed by atoms with van der Waals surface area (Å²) in [7, 11) is 0. The van der Waals surface area contributed by atoms with Crippen LogP contribution in [0, 0.1) is 5.82 Å². The Morgan fingerprint density at radius 1 is 1.08 bits per heavy atom. The van der Waals surface area contributed by atoms with E-state index in [2.05, 4.69) is 4.98 Å². The van der Waals surface area contributed by atoms with Crippen LogP contribution in [0.3, 0.4) is 0 Å². The normalized spacial score (nSPS) is 13.6. The summed E-state index contributed by atoms with van der Waals surface area (Å²) in [6.45, 7) is 2.42. The van der Waals surface area contributed by atoms with Crippen molar-refractivity contribution in [3.63, 3.8) is 0 Å². The van der Waals surface area contributed by atoms with Gasteiger partial charge in [0.25, 0.3) is 0 Å². The molecule has 3 rings (SSSR count). The number of piperazine rings is 1. The number of anilines is 2. The van der Waals surface area contributed by atoms with Crippen molar-refractivity contribution in [2.45, 2.75) is 6.42 Å². The molecule has 1 aliphatic heterocycles. The molecular formula is C17H21Cl2FN4O. The van der Waals surface area contributed by atoms with E-state index in [9.17, 15) is 9.18 Å². The van der Waals surface area contributed by atoms with E-state index in [1.54, 1.807) is 35.4 Å². The number of nitrogen functional groups attached to an aromatic ring is 1. The number of nitrogens with zero attached hydrogens (tertiary/aromatic N) is 3. The van der Waals surface area contributed by atoms with E-state index >= 15 is 0 Å². The van der Waals surface area contributed by atoms with Crippen LogP contribution in [0.15, 0.2) is 42.6 Å². The van der Waals surface area contributed by atoms with Gasteiger partial charge in [0.05, 0.1) is 24.0 Å². The molecule has 1 fully saturated rings. The van der Waals surface area contributed by atoms with Gasteiger partial charge in [-0.2, -0.15) is 0 Å². The Balaban J connectivity index is 0.00000156. The molecule has 0 radical (unpaired) electrons. The molecule has 0 unspecified atom stereocenters. The van der Waals surface area contributed by atoms with Gasteiger partial charge in [-0.15, -0.1) is 24.8 Å². The summed E-state index contributed by atoms with van der Waals surface area (Å²) in [6.07, 6.45) is 1.82. The van der Waals surface area contributed by atoms with Gasteiger partial charge in [-0.05, 0) is 24.3 Å². The van der Waals surface area contributed by atoms with Gasteiger partial charge in [0.2, 0.25) is 5.91 Å². The van der Waals surface area contributed by atoms with E-state index < -0.39 is 0 Å². The second-order valence-corrected chi connectivity index (χ2v) is 5.58. The second kappa shape index (κ2) is 9.44. The number of carbonyl (C=O) groups is 1. The van der Waals surface area contributed by atoms with Crippen LogP contribution in [0.25, 0.3) is 0 Å². The number of benzene rings is 1. The van der Waals surface area contributed by atoms with Gasteiger partial charge >= 0.3 is 0 Å². The molecule has 1 amide bonds. The topological polar surface area (TPSA) is 62.5 Å². The standard InChI is InChI=1S/C17H19FN4O.2ClH/c18-15-3-1-2-4-16(15)21-7-9-22(10-8-21)17(23)11-14-6-5-13(19)12-20-14;;/h1-6,12H,7-11,19H2;2*1H. The number of hydrogen-bond acceptors (Lipinski definition) is 4. The Kier molecular flexibility index (Phi) is 7.93. The lowest BCUT2D eigenvalue weighted by atomic mass is 10.2. The number of nitrogens with two attached hydrogens (primary N) is 1. The number of pyridine rings is 1. The smallest absolute Gasteiger partial charge is 0.228 e. The lowest BCUT2D eigenvalue weighted by Crippen LogP contribution is -2.49. The summed E-state index contributed by atoms with van der Waals surface area (Å²) in [5.41, 5.74) is 7.48. The maximum absolute atomic E-state index is 13.8. The lowest BCUT2D eigenvalue weighted by molar-refractivity contribution is -0.130. The summed E-state index contributed by atoms with van der Waals surface area (Å²) in [4.78, 5) is 20.3. The van der Waals surface area contributed by atoms with Gasteiger partial charge in [0, 0.05) is 31.9 Å². The minimum atomic E-state index is -0.224. The van der Waals surface area contributed by atoms with Gasteiger partial charge in [0.1, 0.15) is 5.82 Å². The number of hydrogen-bond donors (Lipinski definition) is 1. The van der Waals surface area contributed by atoms with Crippen LogP contribution >= 0.6 is 24.8 Å². The van der Waals surface area contributed by atoms with E-state index in [0.29, 0.717) is 43.2 Å². The average molecular weight is 387 g/mol. The molecule has 0 saturated carbocycles. The quantitative estimate of drug-likeness (QED) is 0.880. The van der Waals surface area contributed by atoms with Crippen LogP contribution in [-0.2, 0) is 11.2 Å². The fourth-order valence-electron chi connectivity index (χ4n) is 2.71. The first-order chi connectivity index (χ1) is 11.1. The second-order valence-electron chi connectivity index (χ2n) is 5.58. The Morgan fingerprint density at radius 2 is 1.76 bits per heavy atom. The summed E-state index contributed by atoms with van der Waals surface area (Å²) < 4.78 is 13.8. The first-order valence-electron chi connectivity index (χ1n) is 7.61. The van der Waals surface area contributed by atoms with Crippen molar-refractivity contribution >= 4 is 42.1 Å². The van der Waals surface area contributed by atoms with Crippen LogP contribution in [0.4, 0.5) is 15.8 Å². The number of amides is 1. The minimum absolute atomic E-state index is 0. The van der Waals surface area contributed by atoms with Crippen molar-refractivity contribution in [2.75, 3.05) is 36.8 Å². The highest BCUT2D eigenvalue weighted by Gasteiger charge is 2.22. The van der Waals surface area contributed by atoms with Crippen molar-refractivity contribution in [1.82, 2.24) is 9.88 Å². The number of halogens is 3. The zero-order valence-corrected chi connectivity index (χ0v) is 15.2. The Bertz CT molecular complexity index is 691. The highest BCUT2D eigenvalue weighted by molar-refractivity contribution is 5.85. The summed E-state index contributed by atoms with van der Waals surface area (Å²) in [5.74, 6) is -0.186. The van der Waals surface area contributed by atoms with Crippen LogP contribution in [0.5, 0.6) is 0 Å². The highest BCUT2D eigenvalue weighted by atomic mass is 35.5. The summed E-state index contributed by atoms with van der Waals surface area (Å²) in [5, 5.41) is 0. The van der Waals surface area contributed by atoms with Gasteiger partial charge in [-0.25, -0.2) is 4.39 Å². The summed E-state index contributed by atoms with van der Waals surface area (Å²) >= 11 is 0. The number of para-hydroxylation sites is 1. The molecule has 2 aromatic rings. The third-order valence-corrected chi connectivity index (χ3v) is 4.01. The average Bonchev–Trinajstić information content (AvgIpc) is 2.57. The van der Waals surface area contributed by atoms with Crippen molar-refractivity contribution in [3.05, 3.63) is 54.1 Å². The maximum Gasteiger partial charge on any atom is 0.228 e. The number of aromatic nitrogens is 1. The zero-order valence-electron chi connectivity index (χ0n) is 13.6. The SMILES string of the molecule is Cl.Cl.Nc1ccc(CC(=O)N2CCN(c3ccccc3F)CC2)nc1. The van der Waals surface area contributed by atoms with E-state index in [0.717, 1.165) is 0 Å². The fourth-order valence-corrected chi connectivity index (χ4v) is 2.71. The molecule has 0 spiro atoms. The Hall–Kier alpha value is -2.05. The third kappa shape index (κ3) is 5.21. The largest absolute Gasteiger partial charge is 0.397 e. The molecule has 1 saturated heterocycles. The molecular weight excluding hydrogens is 366 g/mol. The minimum Gasteiger partial charge on any atom is -0.397 e. The van der Waals surface area contributed by atoms with Crippen molar-refractivity contribution in [3.8, 4) is 0 Å². The van der Waals surface area contributed by atoms with Gasteiger partial charge in [-0.3, -0.25) is 9.78 Å². The highest BCUT2D eigenvalue weighted by Crippen LogP contribution is 2.20. The van der Waals surface area contributed by atoms with Gasteiger partial charge in [0.15, 0.2) is 0 Å². The van der Waals surface area contributed by atoms with E-state index in [1.807, 2.05) is 11.0 Å². The molecule has 5 nitrogen and oxygen atoms in total. The Labute approximate surface area is 158 Å². The zero-order chi connectivity index (χ0) is 16.2. The van der Waals surface area contributed by atoms with Crippen LogP contribution in [0.1, 0.15) is 5.69 Å². The monoisotopic (exact) mass is 386 g/mol. The molecule has 2 N–H and O–H groups in total. The van der Waals surface area contributed by atoms with Crippen LogP contribution in [-0.4, -0.2) is 42.0 Å². The van der Waals surface area contributed by atoms with Crippen molar-refractivity contribution in [1.29, 1.82) is 0 Å².